The highest BCUT2D eigenvalue weighted by Crippen LogP contribution is 2.24. The molecule has 0 heterocycles. The van der Waals surface area contributed by atoms with Gasteiger partial charge in [-0.15, -0.1) is 0 Å². The number of ether oxygens (including phenoxy) is 1. The molecule has 0 radical (unpaired) electrons. The molecule has 0 unspecified atom stereocenters. The summed E-state index contributed by atoms with van der Waals surface area (Å²) < 4.78 is 5.11. The Morgan fingerprint density at radius 2 is 2.12 bits per heavy atom. The van der Waals surface area contributed by atoms with Crippen LogP contribution in [-0.4, -0.2) is 25.7 Å². The van der Waals surface area contributed by atoms with Gasteiger partial charge in [-0.3, -0.25) is 0 Å². The van der Waals surface area contributed by atoms with Gasteiger partial charge in [0.2, 0.25) is 0 Å². The zero-order valence-corrected chi connectivity index (χ0v) is 11.5. The number of nitrogens with one attached hydrogen (secondary N) is 1. The van der Waals surface area contributed by atoms with Gasteiger partial charge in [-0.25, -0.2) is 0 Å². The molecule has 0 aliphatic heterocycles. The molecular formula is C13H21ClN2O. The third kappa shape index (κ3) is 5.39. The van der Waals surface area contributed by atoms with E-state index < -0.39 is 0 Å². The quantitative estimate of drug-likeness (QED) is 0.768. The van der Waals surface area contributed by atoms with E-state index in [9.17, 15) is 0 Å². The molecule has 3 nitrogen and oxygen atoms in total. The molecule has 1 rings (SSSR count). The summed E-state index contributed by atoms with van der Waals surface area (Å²) in [4.78, 5) is 0. The van der Waals surface area contributed by atoms with Gasteiger partial charge in [-0.2, -0.15) is 0 Å². The van der Waals surface area contributed by atoms with Crippen LogP contribution in [0.4, 0.5) is 0 Å². The second-order valence-corrected chi connectivity index (χ2v) is 5.29. The fraction of sp³-hybridized carbons (Fsp3) is 0.538. The van der Waals surface area contributed by atoms with Gasteiger partial charge in [0, 0.05) is 12.1 Å². The van der Waals surface area contributed by atoms with E-state index in [1.165, 1.54) is 5.56 Å². The maximum absolute atomic E-state index is 6.05. The Hall–Kier alpha value is -0.770. The highest BCUT2D eigenvalue weighted by molar-refractivity contribution is 6.32. The van der Waals surface area contributed by atoms with Crippen molar-refractivity contribution in [1.29, 1.82) is 0 Å². The number of methoxy groups -OCH3 is 1. The minimum absolute atomic E-state index is 0.169. The van der Waals surface area contributed by atoms with Crippen molar-refractivity contribution in [3.05, 3.63) is 28.8 Å². The van der Waals surface area contributed by atoms with Gasteiger partial charge < -0.3 is 15.8 Å². The Kier molecular flexibility index (Phi) is 5.25. The first kappa shape index (κ1) is 14.3. The van der Waals surface area contributed by atoms with E-state index in [4.69, 9.17) is 22.1 Å². The van der Waals surface area contributed by atoms with E-state index in [2.05, 4.69) is 5.32 Å². The summed E-state index contributed by atoms with van der Waals surface area (Å²) in [6.07, 6.45) is 0.930. The van der Waals surface area contributed by atoms with E-state index in [0.29, 0.717) is 10.8 Å². The van der Waals surface area contributed by atoms with Crippen LogP contribution in [0, 0.1) is 0 Å². The average molecular weight is 257 g/mol. The number of hydrogen-bond acceptors (Lipinski definition) is 3. The molecular weight excluding hydrogens is 236 g/mol. The minimum atomic E-state index is -0.169. The second kappa shape index (κ2) is 6.24. The molecule has 0 spiro atoms. The minimum Gasteiger partial charge on any atom is -0.495 e. The molecule has 0 aromatic heterocycles. The molecule has 0 saturated heterocycles. The average Bonchev–Trinajstić information content (AvgIpc) is 2.23. The van der Waals surface area contributed by atoms with E-state index in [0.717, 1.165) is 19.5 Å². The lowest BCUT2D eigenvalue weighted by Crippen LogP contribution is -2.43. The van der Waals surface area contributed by atoms with E-state index in [-0.39, 0.29) is 5.54 Å². The Bertz CT molecular complexity index is 361. The van der Waals surface area contributed by atoms with Crippen LogP contribution >= 0.6 is 11.6 Å². The molecule has 1 aromatic rings. The number of rotatable bonds is 6. The van der Waals surface area contributed by atoms with Crippen LogP contribution in [0.15, 0.2) is 18.2 Å². The van der Waals surface area contributed by atoms with E-state index >= 15 is 0 Å². The summed E-state index contributed by atoms with van der Waals surface area (Å²) in [5, 5.41) is 3.98. The molecule has 1 aromatic carbocycles. The van der Waals surface area contributed by atoms with Gasteiger partial charge in [0.05, 0.1) is 12.1 Å². The van der Waals surface area contributed by atoms with Gasteiger partial charge in [0.1, 0.15) is 5.75 Å². The second-order valence-electron chi connectivity index (χ2n) is 4.88. The highest BCUT2D eigenvalue weighted by Gasteiger charge is 2.09. The predicted molar refractivity (Wildman–Crippen MR) is 72.8 cm³/mol. The van der Waals surface area contributed by atoms with Crippen LogP contribution in [0.25, 0.3) is 0 Å². The summed E-state index contributed by atoms with van der Waals surface area (Å²) >= 11 is 6.05. The van der Waals surface area contributed by atoms with Crippen LogP contribution < -0.4 is 15.8 Å². The van der Waals surface area contributed by atoms with Crippen LogP contribution in [0.5, 0.6) is 5.75 Å². The molecule has 4 heteroatoms. The molecule has 0 amide bonds. The van der Waals surface area contributed by atoms with Crippen molar-refractivity contribution < 1.29 is 4.74 Å². The van der Waals surface area contributed by atoms with Crippen molar-refractivity contribution in [2.24, 2.45) is 5.73 Å². The van der Waals surface area contributed by atoms with E-state index in [1.807, 2.05) is 32.0 Å². The van der Waals surface area contributed by atoms with Crippen molar-refractivity contribution >= 4 is 11.6 Å². The highest BCUT2D eigenvalue weighted by atomic mass is 35.5. The van der Waals surface area contributed by atoms with Crippen molar-refractivity contribution in [2.75, 3.05) is 20.2 Å². The molecule has 0 fully saturated rings. The summed E-state index contributed by atoms with van der Waals surface area (Å²) in [5.74, 6) is 0.714. The normalized spacial score (nSPS) is 11.6. The molecule has 17 heavy (non-hydrogen) atoms. The predicted octanol–water partition coefficient (Wildman–Crippen LogP) is 2.22. The SMILES string of the molecule is COc1ccc(CCNCC(C)(C)N)cc1Cl. The maximum Gasteiger partial charge on any atom is 0.137 e. The monoisotopic (exact) mass is 256 g/mol. The largest absolute Gasteiger partial charge is 0.495 e. The summed E-state index contributed by atoms with van der Waals surface area (Å²) in [7, 11) is 1.62. The first-order valence-electron chi connectivity index (χ1n) is 5.74. The van der Waals surface area contributed by atoms with Gasteiger partial charge in [-0.05, 0) is 44.5 Å². The topological polar surface area (TPSA) is 47.3 Å². The Labute approximate surface area is 108 Å². The van der Waals surface area contributed by atoms with Crippen molar-refractivity contribution in [2.45, 2.75) is 25.8 Å². The lowest BCUT2D eigenvalue weighted by atomic mass is 10.1. The fourth-order valence-electron chi connectivity index (χ4n) is 1.51. The van der Waals surface area contributed by atoms with Crippen molar-refractivity contribution in [3.63, 3.8) is 0 Å². The zero-order chi connectivity index (χ0) is 12.9. The van der Waals surface area contributed by atoms with Gasteiger partial charge in [0.15, 0.2) is 0 Å². The first-order chi connectivity index (χ1) is 7.92. The summed E-state index contributed by atoms with van der Waals surface area (Å²) in [6, 6.07) is 5.86. The molecule has 0 saturated carbocycles. The van der Waals surface area contributed by atoms with Gasteiger partial charge >= 0.3 is 0 Å². The standard InChI is InChI=1S/C13H21ClN2O/c1-13(2,15)9-16-7-6-10-4-5-12(17-3)11(14)8-10/h4-5,8,16H,6-7,9,15H2,1-3H3. The molecule has 3 N–H and O–H groups in total. The lowest BCUT2D eigenvalue weighted by Gasteiger charge is -2.18. The number of halogens is 1. The molecule has 0 aliphatic rings. The number of nitrogens with two attached hydrogens (primary N) is 1. The van der Waals surface area contributed by atoms with Crippen molar-refractivity contribution in [1.82, 2.24) is 5.32 Å². The van der Waals surface area contributed by atoms with Crippen molar-refractivity contribution in [3.8, 4) is 5.75 Å². The summed E-state index contributed by atoms with van der Waals surface area (Å²) in [5.41, 5.74) is 6.90. The summed E-state index contributed by atoms with van der Waals surface area (Å²) in [6.45, 7) is 5.70. The molecule has 0 aliphatic carbocycles. The number of benzene rings is 1. The maximum atomic E-state index is 6.05. The van der Waals surface area contributed by atoms with E-state index in [1.54, 1.807) is 7.11 Å². The van der Waals surface area contributed by atoms with Gasteiger partial charge in [-0.1, -0.05) is 17.7 Å². The van der Waals surface area contributed by atoms with Crippen LogP contribution in [0.2, 0.25) is 5.02 Å². The Balaban J connectivity index is 2.40. The van der Waals surface area contributed by atoms with Crippen LogP contribution in [-0.2, 0) is 6.42 Å². The molecule has 96 valence electrons. The Morgan fingerprint density at radius 3 is 2.65 bits per heavy atom. The fourth-order valence-corrected chi connectivity index (χ4v) is 1.79. The smallest absolute Gasteiger partial charge is 0.137 e. The third-order valence-electron chi connectivity index (χ3n) is 2.39. The molecule has 0 atom stereocenters. The third-order valence-corrected chi connectivity index (χ3v) is 2.68. The Morgan fingerprint density at radius 1 is 1.41 bits per heavy atom. The molecule has 0 bridgehead atoms. The first-order valence-corrected chi connectivity index (χ1v) is 6.12. The van der Waals surface area contributed by atoms with Crippen LogP contribution in [0.1, 0.15) is 19.4 Å². The zero-order valence-electron chi connectivity index (χ0n) is 10.7. The van der Waals surface area contributed by atoms with Crippen LogP contribution in [0.3, 0.4) is 0 Å². The lowest BCUT2D eigenvalue weighted by molar-refractivity contribution is 0.415. The van der Waals surface area contributed by atoms with Gasteiger partial charge in [0.25, 0.3) is 0 Å². The number of hydrogen-bond donors (Lipinski definition) is 2.